The van der Waals surface area contributed by atoms with E-state index < -0.39 is 23.0 Å². The molecule has 0 bridgehead atoms. The van der Waals surface area contributed by atoms with Crippen LogP contribution in [0.4, 0.5) is 10.7 Å². The zero-order chi connectivity index (χ0) is 38.0. The van der Waals surface area contributed by atoms with E-state index in [-0.39, 0.29) is 17.2 Å². The molecule has 6 rings (SSSR count). The number of anilines is 2. The first-order valence-electron chi connectivity index (χ1n) is 16.7. The van der Waals surface area contributed by atoms with Crippen molar-refractivity contribution in [3.8, 4) is 11.1 Å². The molecule has 0 saturated heterocycles. The van der Waals surface area contributed by atoms with E-state index in [9.17, 15) is 19.2 Å². The minimum atomic E-state index is -0.740. The molecule has 0 aliphatic rings. The number of amides is 3. The van der Waals surface area contributed by atoms with Crippen molar-refractivity contribution in [3.05, 3.63) is 177 Å². The van der Waals surface area contributed by atoms with Crippen LogP contribution in [0.25, 0.3) is 17.2 Å². The van der Waals surface area contributed by atoms with Gasteiger partial charge >= 0.3 is 5.97 Å². The number of benzene rings is 5. The number of halogens is 1. The molecule has 1 aromatic heterocycles. The maximum absolute atomic E-state index is 14.1. The Morgan fingerprint density at radius 2 is 1.50 bits per heavy atom. The van der Waals surface area contributed by atoms with Crippen molar-refractivity contribution in [2.45, 2.75) is 17.1 Å². The molecule has 0 fully saturated rings. The van der Waals surface area contributed by atoms with Gasteiger partial charge < -0.3 is 20.7 Å². The highest BCUT2D eigenvalue weighted by atomic mass is 35.5. The van der Waals surface area contributed by atoms with Crippen molar-refractivity contribution >= 4 is 75.2 Å². The lowest BCUT2D eigenvalue weighted by molar-refractivity contribution is -0.116. The van der Waals surface area contributed by atoms with Gasteiger partial charge in [-0.2, -0.15) is 0 Å². The van der Waals surface area contributed by atoms with E-state index in [1.54, 1.807) is 78.9 Å². The molecule has 8 nitrogen and oxygen atoms in total. The lowest BCUT2D eigenvalue weighted by Crippen LogP contribution is -2.30. The van der Waals surface area contributed by atoms with Crippen LogP contribution in [0.1, 0.15) is 42.7 Å². The minimum Gasteiger partial charge on any atom is -0.465 e. The molecule has 0 radical (unpaired) electrons. The summed E-state index contributed by atoms with van der Waals surface area (Å²) in [5.41, 5.74) is 5.05. The van der Waals surface area contributed by atoms with Gasteiger partial charge in [0.05, 0.1) is 7.11 Å². The molecule has 6 aromatic rings. The number of esters is 1. The predicted molar refractivity (Wildman–Crippen MR) is 218 cm³/mol. The monoisotopic (exact) mass is 771 g/mol. The highest BCUT2D eigenvalue weighted by Gasteiger charge is 2.27. The van der Waals surface area contributed by atoms with Gasteiger partial charge in [0.15, 0.2) is 0 Å². The van der Waals surface area contributed by atoms with Crippen molar-refractivity contribution in [2.24, 2.45) is 0 Å². The first-order chi connectivity index (χ1) is 26.2. The summed E-state index contributed by atoms with van der Waals surface area (Å²) in [4.78, 5) is 54.7. The SMILES string of the molecule is COC(=O)c1c(-c2ccc(C)cc2)csc1NC(=O)C(Sc1cccc(NC(=O)/C(=C/c2cccc(Cl)c2)NC(=O)c2ccccc2)c1)c1ccccc1. The van der Waals surface area contributed by atoms with Gasteiger partial charge in [0.2, 0.25) is 5.91 Å². The summed E-state index contributed by atoms with van der Waals surface area (Å²) >= 11 is 8.73. The number of aryl methyl sites for hydroxylation is 1. The van der Waals surface area contributed by atoms with Crippen molar-refractivity contribution < 1.29 is 23.9 Å². The van der Waals surface area contributed by atoms with Gasteiger partial charge in [0, 0.05) is 32.1 Å². The van der Waals surface area contributed by atoms with Crippen molar-refractivity contribution in [2.75, 3.05) is 17.7 Å². The molecule has 3 N–H and O–H groups in total. The van der Waals surface area contributed by atoms with Gasteiger partial charge in [-0.15, -0.1) is 23.1 Å². The van der Waals surface area contributed by atoms with Crippen LogP contribution in [0.15, 0.2) is 149 Å². The fourth-order valence-corrected chi connectivity index (χ4v) is 7.71. The molecule has 0 aliphatic heterocycles. The van der Waals surface area contributed by atoms with E-state index in [2.05, 4.69) is 16.0 Å². The lowest BCUT2D eigenvalue weighted by atomic mass is 10.0. The number of carbonyl (C=O) groups is 4. The molecule has 0 aliphatic carbocycles. The highest BCUT2D eigenvalue weighted by Crippen LogP contribution is 2.40. The molecule has 5 aromatic carbocycles. The van der Waals surface area contributed by atoms with Crippen LogP contribution in [0, 0.1) is 6.92 Å². The van der Waals surface area contributed by atoms with E-state index in [1.165, 1.54) is 30.2 Å². The van der Waals surface area contributed by atoms with E-state index in [4.69, 9.17) is 16.3 Å². The number of thiophene rings is 1. The Bertz CT molecular complexity index is 2330. The summed E-state index contributed by atoms with van der Waals surface area (Å²) in [5.74, 6) is -1.92. The molecule has 1 unspecified atom stereocenters. The number of hydrogen-bond acceptors (Lipinski definition) is 7. The van der Waals surface area contributed by atoms with Crippen LogP contribution < -0.4 is 16.0 Å². The van der Waals surface area contributed by atoms with Crippen LogP contribution >= 0.6 is 34.7 Å². The van der Waals surface area contributed by atoms with Crippen LogP contribution in [0.3, 0.4) is 0 Å². The average molecular weight is 772 g/mol. The maximum Gasteiger partial charge on any atom is 0.341 e. The van der Waals surface area contributed by atoms with Crippen molar-refractivity contribution in [1.82, 2.24) is 5.32 Å². The van der Waals surface area contributed by atoms with Gasteiger partial charge in [-0.1, -0.05) is 108 Å². The Balaban J connectivity index is 1.25. The van der Waals surface area contributed by atoms with E-state index >= 15 is 0 Å². The summed E-state index contributed by atoms with van der Waals surface area (Å²) in [5, 5.41) is 10.6. The second-order valence-electron chi connectivity index (χ2n) is 12.0. The third kappa shape index (κ3) is 9.53. The van der Waals surface area contributed by atoms with Crippen LogP contribution in [-0.4, -0.2) is 30.8 Å². The fourth-order valence-electron chi connectivity index (χ4n) is 5.47. The van der Waals surface area contributed by atoms with Gasteiger partial charge in [0.25, 0.3) is 11.8 Å². The molecule has 1 heterocycles. The minimum absolute atomic E-state index is 0.00748. The number of methoxy groups -OCH3 is 1. The first-order valence-corrected chi connectivity index (χ1v) is 18.9. The number of rotatable bonds is 12. The molecule has 0 spiro atoms. The van der Waals surface area contributed by atoms with E-state index in [0.29, 0.717) is 37.3 Å². The Kier molecular flexibility index (Phi) is 12.4. The summed E-state index contributed by atoms with van der Waals surface area (Å²) < 4.78 is 5.13. The van der Waals surface area contributed by atoms with Crippen LogP contribution in [0.5, 0.6) is 0 Å². The van der Waals surface area contributed by atoms with E-state index in [0.717, 1.165) is 16.7 Å². The number of carbonyl (C=O) groups excluding carboxylic acids is 4. The first kappa shape index (κ1) is 37.8. The standard InChI is InChI=1S/C43H34ClN3O5S2/c1-27-19-21-29(22-20-27)35-26-53-42(37(35)43(51)52-2)47-41(50)38(30-12-5-3-6-13-30)54-34-18-10-17-33(25-34)45-40(49)36(24-28-11-9-16-32(44)23-28)46-39(48)31-14-7-4-8-15-31/h3-26,38H,1-2H3,(H,45,49)(H,46,48)(H,47,50)/b36-24-. The maximum atomic E-state index is 14.1. The number of ether oxygens (including phenoxy) is 1. The van der Waals surface area contributed by atoms with Gasteiger partial charge in [-0.25, -0.2) is 4.79 Å². The second-order valence-corrected chi connectivity index (χ2v) is 14.5. The highest BCUT2D eigenvalue weighted by molar-refractivity contribution is 8.00. The zero-order valence-corrected chi connectivity index (χ0v) is 31.6. The summed E-state index contributed by atoms with van der Waals surface area (Å²) in [6.07, 6.45) is 1.55. The zero-order valence-electron chi connectivity index (χ0n) is 29.2. The molecule has 1 atom stereocenters. The summed E-state index contributed by atoms with van der Waals surface area (Å²) in [7, 11) is 1.31. The predicted octanol–water partition coefficient (Wildman–Crippen LogP) is 10.0. The van der Waals surface area contributed by atoms with E-state index in [1.807, 2.05) is 73.0 Å². The Morgan fingerprint density at radius 1 is 0.796 bits per heavy atom. The number of nitrogens with one attached hydrogen (secondary N) is 3. The lowest BCUT2D eigenvalue weighted by Gasteiger charge is -2.18. The van der Waals surface area contributed by atoms with Gasteiger partial charge in [-0.05, 0) is 72.2 Å². The molecule has 0 saturated carbocycles. The number of thioether (sulfide) groups is 1. The Hall–Kier alpha value is -5.94. The summed E-state index contributed by atoms with van der Waals surface area (Å²) in [6.45, 7) is 1.98. The largest absolute Gasteiger partial charge is 0.465 e. The molecular formula is C43H34ClN3O5S2. The molecular weight excluding hydrogens is 738 g/mol. The molecule has 270 valence electrons. The molecule has 3 amide bonds. The topological polar surface area (TPSA) is 114 Å². The van der Waals surface area contributed by atoms with Crippen molar-refractivity contribution in [1.29, 1.82) is 0 Å². The van der Waals surface area contributed by atoms with Gasteiger partial charge in [0.1, 0.15) is 21.5 Å². The van der Waals surface area contributed by atoms with Gasteiger partial charge in [-0.3, -0.25) is 14.4 Å². The summed E-state index contributed by atoms with van der Waals surface area (Å²) in [6, 6.07) is 39.7. The fraction of sp³-hybridized carbons (Fsp3) is 0.0698. The smallest absolute Gasteiger partial charge is 0.341 e. The van der Waals surface area contributed by atoms with Crippen LogP contribution in [0.2, 0.25) is 5.02 Å². The van der Waals surface area contributed by atoms with Crippen LogP contribution in [-0.2, 0) is 14.3 Å². The average Bonchev–Trinajstić information content (AvgIpc) is 3.60. The third-order valence-corrected chi connectivity index (χ3v) is 10.5. The Labute approximate surface area is 326 Å². The second kappa shape index (κ2) is 17.7. The quantitative estimate of drug-likeness (QED) is 0.0649. The third-order valence-electron chi connectivity index (χ3n) is 8.15. The Morgan fingerprint density at radius 3 is 2.20 bits per heavy atom. The molecule has 11 heteroatoms. The normalized spacial score (nSPS) is 11.6. The number of hydrogen-bond donors (Lipinski definition) is 3. The van der Waals surface area contributed by atoms with Crippen molar-refractivity contribution in [3.63, 3.8) is 0 Å². The molecule has 54 heavy (non-hydrogen) atoms.